The molecule has 3 unspecified atom stereocenters. The highest BCUT2D eigenvalue weighted by Crippen LogP contribution is 2.33. The number of carbonyl (C=O) groups is 2. The van der Waals surface area contributed by atoms with Crippen LogP contribution in [-0.2, 0) is 16.1 Å². The van der Waals surface area contributed by atoms with Crippen LogP contribution in [-0.4, -0.2) is 73.3 Å². The highest BCUT2D eigenvalue weighted by molar-refractivity contribution is 6.30. The lowest BCUT2D eigenvalue weighted by Crippen LogP contribution is -2.39. The lowest BCUT2D eigenvalue weighted by molar-refractivity contribution is -0.165. The van der Waals surface area contributed by atoms with Gasteiger partial charge in [0.25, 0.3) is 0 Å². The molecule has 11 heteroatoms. The number of aliphatic carboxylic acids is 2. The van der Waals surface area contributed by atoms with Gasteiger partial charge in [-0.05, 0) is 54.6 Å². The SMILES string of the molecule is CN1CCC(Oc2cccc(Cl)c2)c2ccc(-c3cccnn3)cc2C1.O=C(O)C(O)C(O)C(=O)O. The minimum Gasteiger partial charge on any atom is -0.486 e. The van der Waals surface area contributed by atoms with Gasteiger partial charge in [-0.25, -0.2) is 9.59 Å². The van der Waals surface area contributed by atoms with Gasteiger partial charge in [-0.3, -0.25) is 0 Å². The van der Waals surface area contributed by atoms with E-state index < -0.39 is 24.1 Å². The molecule has 10 nitrogen and oxygen atoms in total. The Kier molecular flexibility index (Phi) is 9.31. The fraction of sp³-hybridized carbons (Fsp3) is 0.280. The van der Waals surface area contributed by atoms with Crippen LogP contribution in [0.3, 0.4) is 0 Å². The van der Waals surface area contributed by atoms with Crippen molar-refractivity contribution in [2.75, 3.05) is 13.6 Å². The lowest BCUT2D eigenvalue weighted by atomic mass is 9.97. The smallest absolute Gasteiger partial charge is 0.335 e. The third-order valence-corrected chi connectivity index (χ3v) is 5.69. The molecule has 0 amide bonds. The Morgan fingerprint density at radius 1 is 1.06 bits per heavy atom. The molecule has 3 atom stereocenters. The van der Waals surface area contributed by atoms with Crippen molar-refractivity contribution in [3.63, 3.8) is 0 Å². The zero-order chi connectivity index (χ0) is 26.2. The normalized spacial score (nSPS) is 16.9. The van der Waals surface area contributed by atoms with Crippen molar-refractivity contribution in [3.8, 4) is 17.0 Å². The molecular formula is C25H26ClN3O7. The summed E-state index contributed by atoms with van der Waals surface area (Å²) in [6.45, 7) is 1.86. The van der Waals surface area contributed by atoms with Gasteiger partial charge in [-0.2, -0.15) is 10.2 Å². The fourth-order valence-electron chi connectivity index (χ4n) is 3.63. The van der Waals surface area contributed by atoms with Crippen molar-refractivity contribution in [1.29, 1.82) is 0 Å². The third kappa shape index (κ3) is 7.22. The van der Waals surface area contributed by atoms with Crippen LogP contribution in [0.4, 0.5) is 0 Å². The van der Waals surface area contributed by atoms with Crippen molar-refractivity contribution in [2.24, 2.45) is 0 Å². The first kappa shape index (κ1) is 27.0. The van der Waals surface area contributed by atoms with Gasteiger partial charge in [-0.15, -0.1) is 0 Å². The van der Waals surface area contributed by atoms with Crippen LogP contribution in [0.1, 0.15) is 23.7 Å². The summed E-state index contributed by atoms with van der Waals surface area (Å²) in [5, 5.41) is 41.4. The van der Waals surface area contributed by atoms with Gasteiger partial charge >= 0.3 is 11.9 Å². The Morgan fingerprint density at radius 2 is 1.78 bits per heavy atom. The highest BCUT2D eigenvalue weighted by atomic mass is 35.5. The number of carboxylic acids is 2. The van der Waals surface area contributed by atoms with Crippen molar-refractivity contribution < 1.29 is 34.8 Å². The van der Waals surface area contributed by atoms with Gasteiger partial charge in [0.2, 0.25) is 0 Å². The molecule has 1 aromatic heterocycles. The number of fused-ring (bicyclic) bond motifs is 1. The van der Waals surface area contributed by atoms with Crippen molar-refractivity contribution in [3.05, 3.63) is 76.9 Å². The number of hydrogen-bond acceptors (Lipinski definition) is 8. The summed E-state index contributed by atoms with van der Waals surface area (Å²) in [5.41, 5.74) is 4.45. The van der Waals surface area contributed by atoms with E-state index in [1.807, 2.05) is 36.4 Å². The van der Waals surface area contributed by atoms with Crippen LogP contribution in [0.15, 0.2) is 60.8 Å². The molecule has 1 aliphatic rings. The molecule has 190 valence electrons. The number of nitrogens with zero attached hydrogens (tertiary/aromatic N) is 3. The van der Waals surface area contributed by atoms with Gasteiger partial charge in [0, 0.05) is 36.3 Å². The summed E-state index contributed by atoms with van der Waals surface area (Å²) in [6.07, 6.45) is -1.91. The number of hydrogen-bond donors (Lipinski definition) is 4. The van der Waals surface area contributed by atoms with Gasteiger partial charge in [0.15, 0.2) is 12.2 Å². The molecule has 0 fully saturated rings. The third-order valence-electron chi connectivity index (χ3n) is 5.45. The Morgan fingerprint density at radius 3 is 2.39 bits per heavy atom. The number of aliphatic hydroxyl groups is 2. The molecule has 2 heterocycles. The highest BCUT2D eigenvalue weighted by Gasteiger charge is 2.29. The van der Waals surface area contributed by atoms with E-state index in [2.05, 4.69) is 40.3 Å². The molecule has 2 aromatic carbocycles. The van der Waals surface area contributed by atoms with Crippen molar-refractivity contribution in [1.82, 2.24) is 15.1 Å². The lowest BCUT2D eigenvalue weighted by Gasteiger charge is -2.20. The molecule has 0 saturated heterocycles. The maximum Gasteiger partial charge on any atom is 0.335 e. The average Bonchev–Trinajstić information content (AvgIpc) is 3.01. The second-order valence-electron chi connectivity index (χ2n) is 8.18. The van der Waals surface area contributed by atoms with Crippen LogP contribution in [0.25, 0.3) is 11.3 Å². The Hall–Kier alpha value is -3.57. The van der Waals surface area contributed by atoms with Gasteiger partial charge in [-0.1, -0.05) is 29.8 Å². The molecular weight excluding hydrogens is 490 g/mol. The van der Waals surface area contributed by atoms with Crippen molar-refractivity contribution >= 4 is 23.5 Å². The van der Waals surface area contributed by atoms with E-state index in [9.17, 15) is 9.59 Å². The van der Waals surface area contributed by atoms with E-state index in [0.29, 0.717) is 5.02 Å². The largest absolute Gasteiger partial charge is 0.486 e. The maximum absolute atomic E-state index is 9.77. The first-order chi connectivity index (χ1) is 17.2. The number of benzene rings is 2. The molecule has 0 radical (unpaired) electrons. The van der Waals surface area contributed by atoms with E-state index in [0.717, 1.165) is 36.5 Å². The maximum atomic E-state index is 9.77. The topological polar surface area (TPSA) is 153 Å². The van der Waals surface area contributed by atoms with Crippen LogP contribution < -0.4 is 4.74 Å². The predicted octanol–water partition coefficient (Wildman–Crippen LogP) is 2.63. The van der Waals surface area contributed by atoms with E-state index in [-0.39, 0.29) is 6.10 Å². The minimum absolute atomic E-state index is 0.00400. The summed E-state index contributed by atoms with van der Waals surface area (Å²) in [5.74, 6) is -2.74. The molecule has 0 spiro atoms. The number of carboxylic acid groups (broad SMARTS) is 2. The first-order valence-electron chi connectivity index (χ1n) is 11.0. The van der Waals surface area contributed by atoms with Crippen molar-refractivity contribution in [2.45, 2.75) is 31.3 Å². The Labute approximate surface area is 212 Å². The molecule has 0 bridgehead atoms. The Balaban J connectivity index is 0.000000308. The number of halogens is 1. The number of aliphatic hydroxyl groups excluding tert-OH is 2. The summed E-state index contributed by atoms with van der Waals surface area (Å²) in [7, 11) is 2.14. The standard InChI is InChI=1S/C21H20ClN3O.C4H6O6/c1-25-11-9-21(26-18-5-2-4-17(22)13-18)19-8-7-15(12-16(19)14-25)20-6-3-10-23-24-20;5-1(3(7)8)2(6)4(9)10/h2-8,10,12-13,21H,9,11,14H2,1H3;1-2,5-6H,(H,7,8)(H,9,10). The summed E-state index contributed by atoms with van der Waals surface area (Å²) in [6, 6.07) is 17.9. The van der Waals surface area contributed by atoms with Crippen LogP contribution >= 0.6 is 11.6 Å². The van der Waals surface area contributed by atoms with E-state index in [1.165, 1.54) is 11.1 Å². The zero-order valence-electron chi connectivity index (χ0n) is 19.4. The fourth-order valence-corrected chi connectivity index (χ4v) is 3.81. The minimum atomic E-state index is -2.27. The van der Waals surface area contributed by atoms with Gasteiger partial charge in [0.05, 0.1) is 5.69 Å². The summed E-state index contributed by atoms with van der Waals surface area (Å²) < 4.78 is 6.30. The molecule has 3 aromatic rings. The second-order valence-corrected chi connectivity index (χ2v) is 8.62. The molecule has 0 saturated carbocycles. The average molecular weight is 516 g/mol. The van der Waals surface area contributed by atoms with Gasteiger partial charge in [0.1, 0.15) is 11.9 Å². The molecule has 4 rings (SSSR count). The predicted molar refractivity (Wildman–Crippen MR) is 131 cm³/mol. The second kappa shape index (κ2) is 12.4. The summed E-state index contributed by atoms with van der Waals surface area (Å²) in [4.78, 5) is 21.9. The number of rotatable bonds is 6. The summed E-state index contributed by atoms with van der Waals surface area (Å²) >= 11 is 6.11. The quantitative estimate of drug-likeness (QED) is 0.385. The number of ether oxygens (including phenoxy) is 1. The van der Waals surface area contributed by atoms with Gasteiger partial charge < -0.3 is 30.1 Å². The first-order valence-corrected chi connectivity index (χ1v) is 11.4. The number of aromatic nitrogens is 2. The molecule has 36 heavy (non-hydrogen) atoms. The van der Waals surface area contributed by atoms with E-state index in [4.69, 9.17) is 36.8 Å². The molecule has 4 N–H and O–H groups in total. The van der Waals surface area contributed by atoms with E-state index in [1.54, 1.807) is 6.20 Å². The Bertz CT molecular complexity index is 1180. The molecule has 1 aliphatic heterocycles. The monoisotopic (exact) mass is 515 g/mol. The molecule has 0 aliphatic carbocycles. The van der Waals surface area contributed by atoms with E-state index >= 15 is 0 Å². The van der Waals surface area contributed by atoms with Crippen LogP contribution in [0.5, 0.6) is 5.75 Å². The van der Waals surface area contributed by atoms with Crippen LogP contribution in [0.2, 0.25) is 5.02 Å². The zero-order valence-corrected chi connectivity index (χ0v) is 20.1. The van der Waals surface area contributed by atoms with Crippen LogP contribution in [0, 0.1) is 0 Å².